The summed E-state index contributed by atoms with van der Waals surface area (Å²) >= 11 is 1.58. The third-order valence-electron chi connectivity index (χ3n) is 21.8. The van der Waals surface area contributed by atoms with E-state index in [0.29, 0.717) is 156 Å². The summed E-state index contributed by atoms with van der Waals surface area (Å²) in [5.41, 5.74) is 9.42. The maximum atomic E-state index is 13.6. The molecule has 0 atom stereocenters. The summed E-state index contributed by atoms with van der Waals surface area (Å²) in [5.74, 6) is 1.13. The Bertz CT molecular complexity index is 5720. The smallest absolute Gasteiger partial charge is 0.416 e. The van der Waals surface area contributed by atoms with Crippen LogP contribution in [0.3, 0.4) is 0 Å². The van der Waals surface area contributed by atoms with E-state index in [0.717, 1.165) is 107 Å². The predicted molar refractivity (Wildman–Crippen MR) is 497 cm³/mol. The van der Waals surface area contributed by atoms with Gasteiger partial charge in [-0.15, -0.1) is 0 Å². The van der Waals surface area contributed by atoms with E-state index in [1.54, 1.807) is 66.4 Å². The van der Waals surface area contributed by atoms with E-state index in [1.165, 1.54) is 104 Å². The van der Waals surface area contributed by atoms with Crippen LogP contribution in [0.1, 0.15) is 191 Å². The van der Waals surface area contributed by atoms with E-state index in [-0.39, 0.29) is 96.0 Å². The Morgan fingerprint density at radius 1 is 0.460 bits per heavy atom. The Labute approximate surface area is 790 Å². The number of aliphatic hydroxyl groups excluding tert-OH is 1. The number of alkyl halides is 9. The lowest BCUT2D eigenvalue weighted by Crippen LogP contribution is -2.25. The SMILES string of the molecule is CC(C)(C)OC(=O)CCSCc1cccc(C(=O)Nc2ccc(OC3CCCCC3)cc2-c2cc(C(=O)NCc3cccc(C(F)(F)F)c3)ccn2)c1.Nc1ccc(OC2CCOCC2)cc1-c1cc(C(=O)NCc2cccc(C(F)(F)F)c2)ccn1.O=C(NCc1cccc(C(F)(F)F)c1)c1ccnc(-c2cc(OC3CCOCC3)ccc2[N+](=O)[O-])c1.O=C1CCOCC1.OC1CCOCC1. The average Bonchev–Trinajstić information content (AvgIpc) is 0.801. The first-order valence-corrected chi connectivity index (χ1v) is 45.9. The number of halogens is 9. The number of hydrogen-bond acceptors (Lipinski definition) is 22. The molecule has 7 N–H and O–H groups in total. The zero-order valence-corrected chi connectivity index (χ0v) is 76.5. The van der Waals surface area contributed by atoms with Gasteiger partial charge in [0.25, 0.3) is 29.3 Å². The number of nitrogens with two attached hydrogens (primary N) is 1. The van der Waals surface area contributed by atoms with Gasteiger partial charge in [0.2, 0.25) is 0 Å². The van der Waals surface area contributed by atoms with E-state index < -0.39 is 63.5 Å². The number of carbonyl (C=O) groups is 6. The van der Waals surface area contributed by atoms with Crippen LogP contribution in [0.4, 0.5) is 56.6 Å². The summed E-state index contributed by atoms with van der Waals surface area (Å²) in [5, 5.41) is 31.4. The molecule has 4 aliphatic heterocycles. The van der Waals surface area contributed by atoms with Crippen LogP contribution >= 0.6 is 11.8 Å². The standard InChI is InChI=1S/C41H44F3N3O5S.C25H22F3N3O5.C25H24F3N3O3.C5H10O2.C5H8O2/c1-40(2,3)52-37(48)18-20-53-26-28-10-7-11-29(21-28)39(50)47-35-16-15-33(51-32-13-5-4-6-14-32)24-34(35)36-23-30(17-19-45-36)38(49)46-25-27-9-8-12-31(22-27)41(42,43)44;26-25(27,28)18-3-1-2-16(12-18)15-30-24(32)17-6-9-29-22(13-17)21-14-20(4-5-23(21)31(33)34)36-19-7-10-35-11-8-19;26-25(27,28)18-3-1-2-16(12-18)15-31-24(32)17-6-9-30-23(13-17)21-14-20(4-5-22(21)29)34-19-7-10-33-11-8-19;2*6-5-1-3-7-4-2-5/h7-12,15-17,19,21-24,32H,4-6,13-14,18,20,25-26H2,1-3H3,(H,46,49)(H,47,50);1-6,9,12-14,19H,7-8,10-11,15H2,(H,30,32);1-6,9,12-14,19H,7-8,10-11,15,29H2,(H,31,32);5-6H,1-4H2;1-4H2. The molecule has 7 heterocycles. The minimum atomic E-state index is -4.49. The Balaban J connectivity index is 0.000000188. The zero-order valence-electron chi connectivity index (χ0n) is 75.7. The molecule has 4 saturated heterocycles. The number of nitro groups is 1. The number of Topliss-reactive ketones (excluding diaryl/α,β-unsaturated/α-hetero) is 1. The van der Waals surface area contributed by atoms with Gasteiger partial charge in [-0.2, -0.15) is 51.3 Å². The molecule has 15 rings (SSSR count). The molecule has 0 radical (unpaired) electrons. The number of aliphatic hydroxyl groups is 1. The Morgan fingerprint density at radius 2 is 0.854 bits per heavy atom. The predicted octanol–water partition coefficient (Wildman–Crippen LogP) is 20.2. The van der Waals surface area contributed by atoms with Gasteiger partial charge in [0.05, 0.1) is 108 Å². The molecule has 26 nitrogen and oxygen atoms in total. The number of ether oxygens (including phenoxy) is 8. The van der Waals surface area contributed by atoms with Crippen LogP contribution in [0.2, 0.25) is 0 Å². The van der Waals surface area contributed by atoms with Crippen LogP contribution in [-0.2, 0) is 77.2 Å². The molecule has 5 fully saturated rings. The number of amides is 4. The lowest BCUT2D eigenvalue weighted by molar-refractivity contribution is -0.384. The average molecular weight is 1920 g/mol. The molecule has 5 aliphatic rings. The first-order chi connectivity index (χ1) is 65.5. The lowest BCUT2D eigenvalue weighted by Gasteiger charge is -2.23. The normalized spacial score (nSPS) is 15.1. The second kappa shape index (κ2) is 50.8. The van der Waals surface area contributed by atoms with Crippen molar-refractivity contribution in [3.63, 3.8) is 0 Å². The molecule has 4 amide bonds. The molecule has 36 heteroatoms. The molecule has 728 valence electrons. The van der Waals surface area contributed by atoms with Crippen molar-refractivity contribution in [2.24, 2.45) is 0 Å². The lowest BCUT2D eigenvalue weighted by atomic mass is 9.97. The summed E-state index contributed by atoms with van der Waals surface area (Å²) in [6.07, 6.45) is 2.28. The number of aromatic nitrogens is 3. The molecular formula is C101H108F9N9O17S. The Hall–Kier alpha value is -12.9. The highest BCUT2D eigenvalue weighted by Crippen LogP contribution is 2.39. The molecule has 0 spiro atoms. The highest BCUT2D eigenvalue weighted by atomic mass is 32.2. The topological polar surface area (TPSA) is 352 Å². The number of anilines is 2. The molecule has 137 heavy (non-hydrogen) atoms. The van der Waals surface area contributed by atoms with Gasteiger partial charge in [0.1, 0.15) is 40.8 Å². The number of thioether (sulfide) groups is 1. The van der Waals surface area contributed by atoms with Crippen LogP contribution in [0.25, 0.3) is 33.8 Å². The van der Waals surface area contributed by atoms with E-state index in [4.69, 9.17) is 48.7 Å². The fourth-order valence-corrected chi connectivity index (χ4v) is 15.5. The van der Waals surface area contributed by atoms with Crippen molar-refractivity contribution in [1.82, 2.24) is 30.9 Å². The van der Waals surface area contributed by atoms with Gasteiger partial charge in [0.15, 0.2) is 0 Å². The molecule has 0 unspecified atom stereocenters. The fourth-order valence-electron chi connectivity index (χ4n) is 14.7. The summed E-state index contributed by atoms with van der Waals surface area (Å²) in [6, 6.07) is 45.6. The fraction of sp³-hybridized carbons (Fsp3) is 0.376. The van der Waals surface area contributed by atoms with E-state index in [2.05, 4.69) is 36.2 Å². The molecule has 10 aromatic rings. The molecule has 0 bridgehead atoms. The number of pyridine rings is 3. The molecule has 1 saturated carbocycles. The number of nitrogen functional groups attached to an aromatic ring is 1. The first-order valence-electron chi connectivity index (χ1n) is 44.8. The minimum Gasteiger partial charge on any atom is -0.490 e. The van der Waals surface area contributed by atoms with Gasteiger partial charge in [-0.1, -0.05) is 55.0 Å². The molecule has 7 aromatic carbocycles. The second-order valence-electron chi connectivity index (χ2n) is 33.6. The maximum Gasteiger partial charge on any atom is 0.416 e. The number of carbonyl (C=O) groups excluding carboxylic acids is 6. The third-order valence-corrected chi connectivity index (χ3v) is 22.8. The number of nitro benzene ring substituents is 1. The van der Waals surface area contributed by atoms with Crippen molar-refractivity contribution in [2.75, 3.05) is 69.7 Å². The zero-order chi connectivity index (χ0) is 98.1. The highest BCUT2D eigenvalue weighted by Gasteiger charge is 2.34. The quantitative estimate of drug-likeness (QED) is 0.00732. The molecular weight excluding hydrogens is 1810 g/mol. The van der Waals surface area contributed by atoms with Gasteiger partial charge >= 0.3 is 24.5 Å². The molecule has 1 aliphatic carbocycles. The van der Waals surface area contributed by atoms with Crippen LogP contribution in [0, 0.1) is 10.1 Å². The van der Waals surface area contributed by atoms with Gasteiger partial charge in [-0.3, -0.25) is 53.8 Å². The van der Waals surface area contributed by atoms with E-state index in [1.807, 2.05) is 39.0 Å². The Kier molecular flexibility index (Phi) is 38.8. The van der Waals surface area contributed by atoms with Crippen molar-refractivity contribution in [3.8, 4) is 51.0 Å². The largest absolute Gasteiger partial charge is 0.490 e. The van der Waals surface area contributed by atoms with Crippen molar-refractivity contribution >= 4 is 64.2 Å². The number of nitrogens with one attached hydrogen (secondary N) is 4. The van der Waals surface area contributed by atoms with Gasteiger partial charge in [-0.25, -0.2) is 0 Å². The van der Waals surface area contributed by atoms with Crippen LogP contribution in [0.15, 0.2) is 207 Å². The van der Waals surface area contributed by atoms with Crippen LogP contribution in [0.5, 0.6) is 17.2 Å². The van der Waals surface area contributed by atoms with E-state index in [9.17, 15) is 78.4 Å². The highest BCUT2D eigenvalue weighted by molar-refractivity contribution is 7.98. The number of benzene rings is 7. The maximum absolute atomic E-state index is 13.6. The summed E-state index contributed by atoms with van der Waals surface area (Å²) in [6.45, 7) is 10.4. The number of ketones is 1. The van der Waals surface area contributed by atoms with Crippen LogP contribution < -0.4 is 41.2 Å². The van der Waals surface area contributed by atoms with Gasteiger partial charge in [-0.05, 0) is 215 Å². The number of rotatable bonds is 26. The van der Waals surface area contributed by atoms with Crippen LogP contribution in [-0.4, -0.2) is 149 Å². The van der Waals surface area contributed by atoms with E-state index >= 15 is 0 Å². The summed E-state index contributed by atoms with van der Waals surface area (Å²) in [7, 11) is 0. The number of nitrogens with zero attached hydrogens (tertiary/aromatic N) is 4. The summed E-state index contributed by atoms with van der Waals surface area (Å²) < 4.78 is 161. The number of hydrogen-bond donors (Lipinski definition) is 6. The third kappa shape index (κ3) is 34.4. The monoisotopic (exact) mass is 1920 g/mol. The van der Waals surface area contributed by atoms with Crippen molar-refractivity contribution < 1.29 is 116 Å². The van der Waals surface area contributed by atoms with Gasteiger partial charge < -0.3 is 70.0 Å². The number of esters is 1. The first kappa shape index (κ1) is 105. The Morgan fingerprint density at radius 3 is 1.28 bits per heavy atom. The van der Waals surface area contributed by atoms with Crippen molar-refractivity contribution in [1.29, 1.82) is 0 Å². The second-order valence-corrected chi connectivity index (χ2v) is 34.7. The molecule has 3 aromatic heterocycles. The van der Waals surface area contributed by atoms with Crippen molar-refractivity contribution in [3.05, 3.63) is 278 Å². The van der Waals surface area contributed by atoms with Crippen molar-refractivity contribution in [2.45, 2.75) is 185 Å². The van der Waals surface area contributed by atoms with Gasteiger partial charge in [0, 0.05) is 147 Å². The summed E-state index contributed by atoms with van der Waals surface area (Å²) in [4.78, 5) is 98.8. The minimum absolute atomic E-state index is 0.0447.